The zero-order valence-corrected chi connectivity index (χ0v) is 14.5. The Kier molecular flexibility index (Phi) is 5.21. The molecular formula is C18H23FN4O2. The van der Waals surface area contributed by atoms with Crippen molar-refractivity contribution in [2.24, 2.45) is 0 Å². The monoisotopic (exact) mass is 346 g/mol. The second kappa shape index (κ2) is 7.55. The highest BCUT2D eigenvalue weighted by Crippen LogP contribution is 2.31. The fourth-order valence-corrected chi connectivity index (χ4v) is 3.37. The van der Waals surface area contributed by atoms with Gasteiger partial charge in [-0.15, -0.1) is 0 Å². The first-order chi connectivity index (χ1) is 12.1. The number of amides is 2. The van der Waals surface area contributed by atoms with Crippen molar-refractivity contribution in [3.8, 4) is 5.75 Å². The Morgan fingerprint density at radius 1 is 1.48 bits per heavy atom. The van der Waals surface area contributed by atoms with E-state index < -0.39 is 11.9 Å². The van der Waals surface area contributed by atoms with E-state index in [0.717, 1.165) is 25.1 Å². The van der Waals surface area contributed by atoms with Crippen LogP contribution in [-0.4, -0.2) is 34.6 Å². The Bertz CT molecular complexity index is 720. The fraction of sp³-hybridized carbons (Fsp3) is 0.444. The standard InChI is InChI=1S/C18H23FN4O2/c1-12(16-13(19)6-5-8-15(16)25-2)22-18(24)23-11-4-3-7-14(23)17-20-9-10-21-17/h5-6,8-10,12,14H,3-4,7,11H2,1-2H3,(H,20,21)(H,22,24)/t12-,14-/m0/s1. The van der Waals surface area contributed by atoms with E-state index in [-0.39, 0.29) is 12.1 Å². The summed E-state index contributed by atoms with van der Waals surface area (Å²) in [4.78, 5) is 22.0. The average Bonchev–Trinajstić information content (AvgIpc) is 3.15. The van der Waals surface area contributed by atoms with E-state index in [0.29, 0.717) is 17.9 Å². The van der Waals surface area contributed by atoms with Crippen LogP contribution in [0.1, 0.15) is 49.7 Å². The van der Waals surface area contributed by atoms with E-state index in [2.05, 4.69) is 15.3 Å². The van der Waals surface area contributed by atoms with Crippen molar-refractivity contribution >= 4 is 6.03 Å². The molecule has 1 aliphatic rings. The number of nitrogens with one attached hydrogen (secondary N) is 2. The summed E-state index contributed by atoms with van der Waals surface area (Å²) in [6, 6.07) is 3.82. The molecule has 0 bridgehead atoms. The number of benzene rings is 1. The minimum absolute atomic E-state index is 0.0848. The van der Waals surface area contributed by atoms with Crippen LogP contribution < -0.4 is 10.1 Å². The largest absolute Gasteiger partial charge is 0.496 e. The summed E-state index contributed by atoms with van der Waals surface area (Å²) in [5.41, 5.74) is 0.352. The number of carbonyl (C=O) groups is 1. The third-order valence-corrected chi connectivity index (χ3v) is 4.60. The summed E-state index contributed by atoms with van der Waals surface area (Å²) >= 11 is 0. The number of carbonyl (C=O) groups excluding carboxylic acids is 1. The van der Waals surface area contributed by atoms with Gasteiger partial charge in [0.2, 0.25) is 0 Å². The molecule has 1 aromatic heterocycles. The van der Waals surface area contributed by atoms with Crippen molar-refractivity contribution in [2.75, 3.05) is 13.7 Å². The molecule has 25 heavy (non-hydrogen) atoms. The Labute approximate surface area is 146 Å². The lowest BCUT2D eigenvalue weighted by molar-refractivity contribution is 0.145. The van der Waals surface area contributed by atoms with Crippen molar-refractivity contribution in [1.82, 2.24) is 20.2 Å². The van der Waals surface area contributed by atoms with Gasteiger partial charge in [-0.1, -0.05) is 6.07 Å². The van der Waals surface area contributed by atoms with E-state index in [4.69, 9.17) is 4.74 Å². The highest BCUT2D eigenvalue weighted by molar-refractivity contribution is 5.75. The molecule has 1 aromatic carbocycles. The maximum Gasteiger partial charge on any atom is 0.318 e. The Morgan fingerprint density at radius 3 is 3.04 bits per heavy atom. The third-order valence-electron chi connectivity index (χ3n) is 4.60. The second-order valence-corrected chi connectivity index (χ2v) is 6.21. The molecule has 2 N–H and O–H groups in total. The van der Waals surface area contributed by atoms with Gasteiger partial charge >= 0.3 is 6.03 Å². The zero-order chi connectivity index (χ0) is 17.8. The van der Waals surface area contributed by atoms with Crippen LogP contribution in [0.4, 0.5) is 9.18 Å². The lowest BCUT2D eigenvalue weighted by atomic mass is 10.0. The summed E-state index contributed by atoms with van der Waals surface area (Å²) in [6.07, 6.45) is 6.30. The van der Waals surface area contributed by atoms with Gasteiger partial charge in [0.1, 0.15) is 17.4 Å². The zero-order valence-electron chi connectivity index (χ0n) is 14.5. The number of rotatable bonds is 4. The second-order valence-electron chi connectivity index (χ2n) is 6.21. The lowest BCUT2D eigenvalue weighted by Gasteiger charge is -2.35. The van der Waals surface area contributed by atoms with Crippen molar-refractivity contribution in [3.05, 3.63) is 47.8 Å². The first kappa shape index (κ1) is 17.3. The molecule has 0 radical (unpaired) electrons. The number of piperidine rings is 1. The molecule has 2 atom stereocenters. The first-order valence-corrected chi connectivity index (χ1v) is 8.50. The van der Waals surface area contributed by atoms with Gasteiger partial charge in [0.25, 0.3) is 0 Å². The Morgan fingerprint density at radius 2 is 2.32 bits per heavy atom. The topological polar surface area (TPSA) is 70.2 Å². The molecule has 6 nitrogen and oxygen atoms in total. The number of halogens is 1. The van der Waals surface area contributed by atoms with Gasteiger partial charge in [-0.3, -0.25) is 0 Å². The maximum absolute atomic E-state index is 14.2. The molecule has 0 spiro atoms. The first-order valence-electron chi connectivity index (χ1n) is 8.50. The predicted molar refractivity (Wildman–Crippen MR) is 91.8 cm³/mol. The van der Waals surface area contributed by atoms with Crippen LogP contribution in [0.3, 0.4) is 0 Å². The number of imidazole rings is 1. The predicted octanol–water partition coefficient (Wildman–Crippen LogP) is 3.56. The molecule has 0 aliphatic carbocycles. The fourth-order valence-electron chi connectivity index (χ4n) is 3.37. The van der Waals surface area contributed by atoms with Crippen LogP contribution in [0.5, 0.6) is 5.75 Å². The van der Waals surface area contributed by atoms with Gasteiger partial charge in [0.05, 0.1) is 24.8 Å². The van der Waals surface area contributed by atoms with Gasteiger partial charge in [-0.05, 0) is 38.3 Å². The minimum Gasteiger partial charge on any atom is -0.496 e. The molecule has 2 heterocycles. The normalized spacial score (nSPS) is 18.7. The molecule has 1 saturated heterocycles. The third kappa shape index (κ3) is 3.60. The molecule has 2 amide bonds. The molecular weight excluding hydrogens is 323 g/mol. The van der Waals surface area contributed by atoms with Gasteiger partial charge < -0.3 is 19.9 Å². The number of nitrogens with zero attached hydrogens (tertiary/aromatic N) is 2. The van der Waals surface area contributed by atoms with E-state index >= 15 is 0 Å². The lowest BCUT2D eigenvalue weighted by Crippen LogP contribution is -2.45. The summed E-state index contributed by atoms with van der Waals surface area (Å²) in [6.45, 7) is 2.41. The number of ether oxygens (including phenoxy) is 1. The van der Waals surface area contributed by atoms with Gasteiger partial charge in [-0.25, -0.2) is 14.2 Å². The van der Waals surface area contributed by atoms with Crippen molar-refractivity contribution in [3.63, 3.8) is 0 Å². The summed E-state index contributed by atoms with van der Waals surface area (Å²) in [5.74, 6) is 0.813. The summed E-state index contributed by atoms with van der Waals surface area (Å²) < 4.78 is 19.5. The van der Waals surface area contributed by atoms with E-state index in [1.807, 2.05) is 0 Å². The Hall–Kier alpha value is -2.57. The minimum atomic E-state index is -0.511. The van der Waals surface area contributed by atoms with Crippen LogP contribution in [0.2, 0.25) is 0 Å². The number of aromatic amines is 1. The maximum atomic E-state index is 14.2. The summed E-state index contributed by atoms with van der Waals surface area (Å²) in [7, 11) is 1.49. The number of H-pyrrole nitrogens is 1. The quantitative estimate of drug-likeness (QED) is 0.889. The van der Waals surface area contributed by atoms with Crippen molar-refractivity contribution < 1.29 is 13.9 Å². The van der Waals surface area contributed by atoms with Gasteiger partial charge in [0, 0.05) is 18.9 Å². The highest BCUT2D eigenvalue weighted by Gasteiger charge is 2.31. The molecule has 0 saturated carbocycles. The van der Waals surface area contributed by atoms with Crippen molar-refractivity contribution in [2.45, 2.75) is 38.3 Å². The molecule has 3 rings (SSSR count). The van der Waals surface area contributed by atoms with Crippen LogP contribution in [-0.2, 0) is 0 Å². The van der Waals surface area contributed by atoms with Crippen LogP contribution >= 0.6 is 0 Å². The molecule has 7 heteroatoms. The number of aromatic nitrogens is 2. The number of hydrogen-bond acceptors (Lipinski definition) is 3. The number of methoxy groups -OCH3 is 1. The number of urea groups is 1. The molecule has 2 aromatic rings. The SMILES string of the molecule is COc1cccc(F)c1[C@H](C)NC(=O)N1CCCC[C@H]1c1ncc[nH]1. The average molecular weight is 346 g/mol. The van der Waals surface area contributed by atoms with E-state index in [1.54, 1.807) is 36.4 Å². The van der Waals surface area contributed by atoms with Gasteiger partial charge in [0.15, 0.2) is 0 Å². The van der Waals surface area contributed by atoms with E-state index in [9.17, 15) is 9.18 Å². The van der Waals surface area contributed by atoms with E-state index in [1.165, 1.54) is 13.2 Å². The van der Waals surface area contributed by atoms with Gasteiger partial charge in [-0.2, -0.15) is 0 Å². The van der Waals surface area contributed by atoms with Crippen molar-refractivity contribution in [1.29, 1.82) is 0 Å². The number of hydrogen-bond donors (Lipinski definition) is 2. The molecule has 134 valence electrons. The van der Waals surface area contributed by atoms with Crippen LogP contribution in [0, 0.1) is 5.82 Å². The molecule has 0 unspecified atom stereocenters. The number of likely N-dealkylation sites (tertiary alicyclic amines) is 1. The summed E-state index contributed by atoms with van der Waals surface area (Å²) in [5, 5.41) is 2.90. The Balaban J connectivity index is 1.77. The molecule has 1 fully saturated rings. The van der Waals surface area contributed by atoms with Crippen LogP contribution in [0.25, 0.3) is 0 Å². The van der Waals surface area contributed by atoms with Crippen LogP contribution in [0.15, 0.2) is 30.6 Å². The molecule has 1 aliphatic heterocycles. The smallest absolute Gasteiger partial charge is 0.318 e. The highest BCUT2D eigenvalue weighted by atomic mass is 19.1.